The van der Waals surface area contributed by atoms with Crippen molar-refractivity contribution in [1.82, 2.24) is 5.43 Å². The summed E-state index contributed by atoms with van der Waals surface area (Å²) in [5, 5.41) is 13.7. The van der Waals surface area contributed by atoms with Crippen molar-refractivity contribution in [3.63, 3.8) is 0 Å². The highest BCUT2D eigenvalue weighted by Crippen LogP contribution is 2.32. The molecule has 0 atom stereocenters. The molecule has 0 fully saturated rings. The van der Waals surface area contributed by atoms with Crippen LogP contribution < -0.4 is 10.2 Å². The van der Waals surface area contributed by atoms with E-state index in [1.54, 1.807) is 36.4 Å². The van der Waals surface area contributed by atoms with Gasteiger partial charge in [-0.05, 0) is 80.2 Å². The molecule has 0 spiro atoms. The quantitative estimate of drug-likeness (QED) is 0.156. The minimum absolute atomic E-state index is 0.117. The number of phenolic OH excluding ortho intramolecular Hbond substituents is 1. The summed E-state index contributed by atoms with van der Waals surface area (Å²) in [6.07, 6.45) is 11.7. The van der Waals surface area contributed by atoms with E-state index in [2.05, 4.69) is 49.3 Å². The fourth-order valence-electron chi connectivity index (χ4n) is 3.02. The number of carbonyl (C=O) groups excluding carboxylic acids is 1. The first-order valence-electron chi connectivity index (χ1n) is 10.8. The van der Waals surface area contributed by atoms with Crippen molar-refractivity contribution >= 4 is 44.0 Å². The third-order valence-electron chi connectivity index (χ3n) is 4.80. The zero-order valence-corrected chi connectivity index (χ0v) is 21.0. The summed E-state index contributed by atoms with van der Waals surface area (Å²) in [6, 6.07) is 10.5. The lowest BCUT2D eigenvalue weighted by Crippen LogP contribution is -2.17. The number of aromatic hydroxyl groups is 1. The average molecular weight is 554 g/mol. The second-order valence-electron chi connectivity index (χ2n) is 7.38. The topological polar surface area (TPSA) is 70.9 Å². The van der Waals surface area contributed by atoms with Crippen LogP contribution >= 0.6 is 31.9 Å². The van der Waals surface area contributed by atoms with Gasteiger partial charge in [0.2, 0.25) is 0 Å². The minimum atomic E-state index is -0.303. The van der Waals surface area contributed by atoms with E-state index in [0.717, 1.165) is 17.7 Å². The lowest BCUT2D eigenvalue weighted by atomic mass is 10.1. The molecule has 2 N–H and O–H groups in total. The maximum atomic E-state index is 12.2. The molecule has 0 heterocycles. The molecule has 0 aromatic heterocycles. The number of ether oxygens (including phenoxy) is 1. The molecule has 168 valence electrons. The molecule has 2 rings (SSSR count). The molecular formula is C24H30Br2N2O3. The normalized spacial score (nSPS) is 11.1. The molecule has 0 saturated carbocycles. The second kappa shape index (κ2) is 14.2. The van der Waals surface area contributed by atoms with Crippen molar-refractivity contribution in [1.29, 1.82) is 0 Å². The van der Waals surface area contributed by atoms with E-state index < -0.39 is 0 Å². The summed E-state index contributed by atoms with van der Waals surface area (Å²) < 4.78 is 6.84. The number of phenols is 1. The van der Waals surface area contributed by atoms with Crippen molar-refractivity contribution in [2.45, 2.75) is 58.3 Å². The highest BCUT2D eigenvalue weighted by atomic mass is 79.9. The number of nitrogens with one attached hydrogen (secondary N) is 1. The number of halogens is 2. The fraction of sp³-hybridized carbons (Fsp3) is 0.417. The van der Waals surface area contributed by atoms with Gasteiger partial charge in [0, 0.05) is 5.56 Å². The van der Waals surface area contributed by atoms with Crippen LogP contribution in [0.5, 0.6) is 11.5 Å². The maximum Gasteiger partial charge on any atom is 0.271 e. The van der Waals surface area contributed by atoms with Gasteiger partial charge in [0.15, 0.2) is 0 Å². The van der Waals surface area contributed by atoms with Crippen LogP contribution in [0.2, 0.25) is 0 Å². The molecule has 0 aliphatic rings. The van der Waals surface area contributed by atoms with E-state index in [0.29, 0.717) is 21.1 Å². The van der Waals surface area contributed by atoms with Crippen molar-refractivity contribution in [3.05, 3.63) is 56.5 Å². The highest BCUT2D eigenvalue weighted by molar-refractivity contribution is 9.11. The summed E-state index contributed by atoms with van der Waals surface area (Å²) in [4.78, 5) is 12.2. The van der Waals surface area contributed by atoms with Gasteiger partial charge in [0.1, 0.15) is 11.5 Å². The Morgan fingerprint density at radius 3 is 2.19 bits per heavy atom. The fourth-order valence-corrected chi connectivity index (χ4v) is 4.24. The van der Waals surface area contributed by atoms with Crippen LogP contribution in [0.15, 0.2) is 50.4 Å². The van der Waals surface area contributed by atoms with Gasteiger partial charge in [-0.1, -0.05) is 51.9 Å². The van der Waals surface area contributed by atoms with E-state index in [9.17, 15) is 9.90 Å². The molecule has 0 aliphatic heterocycles. The largest absolute Gasteiger partial charge is 0.506 e. The molecule has 5 nitrogen and oxygen atoms in total. The number of carbonyl (C=O) groups is 1. The zero-order valence-electron chi connectivity index (χ0n) is 17.9. The average Bonchev–Trinajstić information content (AvgIpc) is 2.76. The molecule has 0 unspecified atom stereocenters. The molecule has 2 aromatic carbocycles. The predicted octanol–water partition coefficient (Wildman–Crippen LogP) is 7.20. The SMILES string of the molecule is CCCCCCCCCCOc1ccc(C(=O)NN=Cc2cc(Br)c(O)c(Br)c2)cc1. The van der Waals surface area contributed by atoms with Crippen LogP contribution in [0.3, 0.4) is 0 Å². The molecule has 0 saturated heterocycles. The van der Waals surface area contributed by atoms with Gasteiger partial charge in [0.05, 0.1) is 21.8 Å². The van der Waals surface area contributed by atoms with Crippen molar-refractivity contribution < 1.29 is 14.6 Å². The number of benzene rings is 2. The molecule has 7 heteroatoms. The number of nitrogens with zero attached hydrogens (tertiary/aromatic N) is 1. The first-order valence-corrected chi connectivity index (χ1v) is 12.3. The number of hydrogen-bond acceptors (Lipinski definition) is 4. The van der Waals surface area contributed by atoms with Crippen LogP contribution in [-0.4, -0.2) is 23.8 Å². The lowest BCUT2D eigenvalue weighted by molar-refractivity contribution is 0.0955. The Morgan fingerprint density at radius 2 is 1.58 bits per heavy atom. The van der Waals surface area contributed by atoms with E-state index in [-0.39, 0.29) is 11.7 Å². The van der Waals surface area contributed by atoms with Gasteiger partial charge in [-0.25, -0.2) is 5.43 Å². The number of hydrogen-bond donors (Lipinski definition) is 2. The van der Waals surface area contributed by atoms with Crippen LogP contribution in [-0.2, 0) is 0 Å². The summed E-state index contributed by atoms with van der Waals surface area (Å²) in [6.45, 7) is 2.94. The Bertz CT molecular complexity index is 831. The van der Waals surface area contributed by atoms with E-state index in [1.807, 2.05) is 0 Å². The molecular weight excluding hydrogens is 524 g/mol. The smallest absolute Gasteiger partial charge is 0.271 e. The highest BCUT2D eigenvalue weighted by Gasteiger charge is 2.06. The molecule has 0 aliphatic carbocycles. The van der Waals surface area contributed by atoms with Gasteiger partial charge < -0.3 is 9.84 Å². The van der Waals surface area contributed by atoms with Crippen molar-refractivity contribution in [2.24, 2.45) is 5.10 Å². The maximum absolute atomic E-state index is 12.2. The van der Waals surface area contributed by atoms with Gasteiger partial charge in [-0.15, -0.1) is 0 Å². The van der Waals surface area contributed by atoms with Crippen LogP contribution in [0, 0.1) is 0 Å². The number of rotatable bonds is 13. The Morgan fingerprint density at radius 1 is 1.00 bits per heavy atom. The second-order valence-corrected chi connectivity index (χ2v) is 9.09. The number of hydrazone groups is 1. The monoisotopic (exact) mass is 552 g/mol. The first-order chi connectivity index (χ1) is 15.0. The minimum Gasteiger partial charge on any atom is -0.506 e. The van der Waals surface area contributed by atoms with Gasteiger partial charge >= 0.3 is 0 Å². The predicted molar refractivity (Wildman–Crippen MR) is 133 cm³/mol. The Kier molecular flexibility index (Phi) is 11.7. The van der Waals surface area contributed by atoms with Gasteiger partial charge in [0.25, 0.3) is 5.91 Å². The Balaban J connectivity index is 1.69. The molecule has 0 bridgehead atoms. The third-order valence-corrected chi connectivity index (χ3v) is 6.01. The molecule has 1 amide bonds. The van der Waals surface area contributed by atoms with Crippen molar-refractivity contribution in [2.75, 3.05) is 6.61 Å². The summed E-state index contributed by atoms with van der Waals surface area (Å²) >= 11 is 6.52. The number of unbranched alkanes of at least 4 members (excludes halogenated alkanes) is 7. The van der Waals surface area contributed by atoms with E-state index in [4.69, 9.17) is 4.74 Å². The van der Waals surface area contributed by atoms with E-state index >= 15 is 0 Å². The zero-order chi connectivity index (χ0) is 22.5. The summed E-state index contributed by atoms with van der Waals surface area (Å²) in [7, 11) is 0. The lowest BCUT2D eigenvalue weighted by Gasteiger charge is -2.07. The standard InChI is InChI=1S/C24H30Br2N2O3/c1-2-3-4-5-6-7-8-9-14-31-20-12-10-19(11-13-20)24(30)28-27-17-18-15-21(25)23(29)22(26)16-18/h10-13,15-17,29H,2-9,14H2,1H3,(H,28,30). The summed E-state index contributed by atoms with van der Waals surface area (Å²) in [5.41, 5.74) is 3.73. The van der Waals surface area contributed by atoms with E-state index in [1.165, 1.54) is 51.2 Å². The van der Waals surface area contributed by atoms with Gasteiger partial charge in [-0.3, -0.25) is 4.79 Å². The summed E-state index contributed by atoms with van der Waals surface area (Å²) in [5.74, 6) is 0.579. The first kappa shape index (κ1) is 25.4. The van der Waals surface area contributed by atoms with Crippen LogP contribution in [0.25, 0.3) is 0 Å². The Labute approximate surface area is 201 Å². The van der Waals surface area contributed by atoms with Crippen LogP contribution in [0.4, 0.5) is 0 Å². The molecule has 31 heavy (non-hydrogen) atoms. The van der Waals surface area contributed by atoms with Crippen LogP contribution in [0.1, 0.15) is 74.2 Å². The van der Waals surface area contributed by atoms with Gasteiger partial charge in [-0.2, -0.15) is 5.10 Å². The Hall–Kier alpha value is -1.86. The third kappa shape index (κ3) is 9.44. The van der Waals surface area contributed by atoms with Crippen molar-refractivity contribution in [3.8, 4) is 11.5 Å². The molecule has 2 aromatic rings. The number of amides is 1. The molecule has 0 radical (unpaired) electrons.